The molecule has 2 heterocycles. The lowest BCUT2D eigenvalue weighted by Gasteiger charge is -2.26. The number of ether oxygens (including phenoxy) is 2. The van der Waals surface area contributed by atoms with Crippen LogP contribution in [0.25, 0.3) is 0 Å². The van der Waals surface area contributed by atoms with Gasteiger partial charge in [-0.25, -0.2) is 9.78 Å². The van der Waals surface area contributed by atoms with Crippen LogP contribution in [0.4, 0.5) is 11.5 Å². The Kier molecular flexibility index (Phi) is 4.69. The minimum atomic E-state index is -0.608. The topological polar surface area (TPSA) is 104 Å². The van der Waals surface area contributed by atoms with E-state index < -0.39 is 10.9 Å². The van der Waals surface area contributed by atoms with Crippen molar-refractivity contribution in [3.05, 3.63) is 27.9 Å². The van der Waals surface area contributed by atoms with E-state index in [-0.39, 0.29) is 29.4 Å². The fraction of sp³-hybridized carbons (Fsp3) is 0.538. The summed E-state index contributed by atoms with van der Waals surface area (Å²) in [6, 6.07) is 2.53. The maximum absolute atomic E-state index is 11.8. The number of hydrogen-bond donors (Lipinski definition) is 1. The van der Waals surface area contributed by atoms with Gasteiger partial charge in [0.1, 0.15) is 0 Å². The molecule has 0 radical (unpaired) electrons. The van der Waals surface area contributed by atoms with Crippen molar-refractivity contribution in [2.75, 3.05) is 18.5 Å². The van der Waals surface area contributed by atoms with E-state index in [1.54, 1.807) is 13.8 Å². The van der Waals surface area contributed by atoms with Crippen molar-refractivity contribution in [2.24, 2.45) is 0 Å². The summed E-state index contributed by atoms with van der Waals surface area (Å²) in [6.45, 7) is 4.55. The number of anilines is 1. The molecule has 1 aliphatic rings. The van der Waals surface area contributed by atoms with Crippen molar-refractivity contribution in [3.8, 4) is 0 Å². The summed E-state index contributed by atoms with van der Waals surface area (Å²) in [6.07, 6.45) is 0.641. The molecule has 0 bridgehead atoms. The number of pyridine rings is 1. The van der Waals surface area contributed by atoms with Crippen LogP contribution >= 0.6 is 0 Å². The molecular weight excluding hydrogens is 278 g/mol. The van der Waals surface area contributed by atoms with Crippen molar-refractivity contribution in [3.63, 3.8) is 0 Å². The van der Waals surface area contributed by atoms with Crippen molar-refractivity contribution in [1.82, 2.24) is 4.98 Å². The van der Waals surface area contributed by atoms with Gasteiger partial charge in [0.2, 0.25) is 5.82 Å². The molecule has 0 unspecified atom stereocenters. The van der Waals surface area contributed by atoms with Gasteiger partial charge >= 0.3 is 11.7 Å². The molecule has 1 saturated heterocycles. The average Bonchev–Trinajstić information content (AvgIpc) is 2.35. The van der Waals surface area contributed by atoms with Crippen LogP contribution < -0.4 is 5.32 Å². The third-order valence-corrected chi connectivity index (χ3v) is 2.91. The molecule has 8 heteroatoms. The standard InChI is InChI=1S/C13H17N3O5/c1-8(2)21-13(17)10-3-4-11(16(18)19)12(15-10)14-7-9-5-6-20-9/h3-4,8-9H,5-7H2,1-2H3,(H,14,15)/t9-/m0/s1. The lowest BCUT2D eigenvalue weighted by molar-refractivity contribution is -0.384. The van der Waals surface area contributed by atoms with E-state index in [9.17, 15) is 14.9 Å². The van der Waals surface area contributed by atoms with Crippen LogP contribution in [0.2, 0.25) is 0 Å². The molecule has 0 aliphatic carbocycles. The summed E-state index contributed by atoms with van der Waals surface area (Å²) in [4.78, 5) is 26.2. The third kappa shape index (κ3) is 3.88. The second kappa shape index (κ2) is 6.49. The molecule has 0 aromatic carbocycles. The highest BCUT2D eigenvalue weighted by Gasteiger charge is 2.23. The minimum Gasteiger partial charge on any atom is -0.458 e. The lowest BCUT2D eigenvalue weighted by atomic mass is 10.2. The van der Waals surface area contributed by atoms with E-state index in [0.717, 1.165) is 6.42 Å². The Morgan fingerprint density at radius 1 is 1.62 bits per heavy atom. The van der Waals surface area contributed by atoms with E-state index in [2.05, 4.69) is 10.3 Å². The molecule has 1 aromatic rings. The predicted molar refractivity (Wildman–Crippen MR) is 74.3 cm³/mol. The molecule has 1 aliphatic heterocycles. The number of rotatable bonds is 6. The molecule has 0 amide bonds. The second-order valence-corrected chi connectivity index (χ2v) is 4.94. The Labute approximate surface area is 121 Å². The van der Waals surface area contributed by atoms with Crippen molar-refractivity contribution in [2.45, 2.75) is 32.5 Å². The number of hydrogen-bond acceptors (Lipinski definition) is 7. The maximum Gasteiger partial charge on any atom is 0.357 e. The summed E-state index contributed by atoms with van der Waals surface area (Å²) in [5.74, 6) is -0.559. The Morgan fingerprint density at radius 3 is 2.86 bits per heavy atom. The molecule has 1 N–H and O–H groups in total. The van der Waals surface area contributed by atoms with E-state index in [1.807, 2.05) is 0 Å². The van der Waals surface area contributed by atoms with Gasteiger partial charge in [0.25, 0.3) is 0 Å². The van der Waals surface area contributed by atoms with Gasteiger partial charge in [0.15, 0.2) is 5.69 Å². The van der Waals surface area contributed by atoms with Crippen LogP contribution in [0.15, 0.2) is 12.1 Å². The fourth-order valence-corrected chi connectivity index (χ4v) is 1.77. The van der Waals surface area contributed by atoms with Crippen molar-refractivity contribution in [1.29, 1.82) is 0 Å². The quantitative estimate of drug-likeness (QED) is 0.484. The maximum atomic E-state index is 11.8. The van der Waals surface area contributed by atoms with Gasteiger partial charge in [0, 0.05) is 19.2 Å². The van der Waals surface area contributed by atoms with Gasteiger partial charge in [-0.15, -0.1) is 0 Å². The largest absolute Gasteiger partial charge is 0.458 e. The molecule has 8 nitrogen and oxygen atoms in total. The van der Waals surface area contributed by atoms with E-state index >= 15 is 0 Å². The van der Waals surface area contributed by atoms with E-state index in [4.69, 9.17) is 9.47 Å². The van der Waals surface area contributed by atoms with Gasteiger partial charge in [-0.3, -0.25) is 10.1 Å². The molecular formula is C13H17N3O5. The molecule has 114 valence electrons. The van der Waals surface area contributed by atoms with Gasteiger partial charge < -0.3 is 14.8 Å². The second-order valence-electron chi connectivity index (χ2n) is 4.94. The van der Waals surface area contributed by atoms with Gasteiger partial charge in [0.05, 0.1) is 17.1 Å². The molecule has 0 saturated carbocycles. The Balaban J connectivity index is 2.16. The molecule has 1 aromatic heterocycles. The summed E-state index contributed by atoms with van der Waals surface area (Å²) < 4.78 is 10.3. The molecule has 0 spiro atoms. The number of nitrogens with one attached hydrogen (secondary N) is 1. The molecule has 1 fully saturated rings. The number of nitrogens with zero attached hydrogens (tertiary/aromatic N) is 2. The van der Waals surface area contributed by atoms with Crippen LogP contribution in [0.5, 0.6) is 0 Å². The minimum absolute atomic E-state index is 0.0256. The first-order valence-corrected chi connectivity index (χ1v) is 6.69. The monoisotopic (exact) mass is 295 g/mol. The number of nitro groups is 1. The van der Waals surface area contributed by atoms with Gasteiger partial charge in [-0.1, -0.05) is 0 Å². The number of esters is 1. The molecule has 1 atom stereocenters. The third-order valence-electron chi connectivity index (χ3n) is 2.91. The fourth-order valence-electron chi connectivity index (χ4n) is 1.77. The number of carbonyl (C=O) groups is 1. The van der Waals surface area contributed by atoms with Crippen LogP contribution in [-0.4, -0.2) is 41.2 Å². The average molecular weight is 295 g/mol. The van der Waals surface area contributed by atoms with Gasteiger partial charge in [-0.05, 0) is 26.3 Å². The first-order valence-electron chi connectivity index (χ1n) is 6.69. The normalized spacial score (nSPS) is 17.2. The zero-order valence-electron chi connectivity index (χ0n) is 11.9. The van der Waals surface area contributed by atoms with Crippen molar-refractivity contribution >= 4 is 17.5 Å². The van der Waals surface area contributed by atoms with Crippen LogP contribution in [0, 0.1) is 10.1 Å². The number of carbonyl (C=O) groups excluding carboxylic acids is 1. The first kappa shape index (κ1) is 15.2. The van der Waals surface area contributed by atoms with Crippen LogP contribution in [0.1, 0.15) is 30.8 Å². The Hall–Kier alpha value is -2.22. The van der Waals surface area contributed by atoms with Crippen LogP contribution in [-0.2, 0) is 9.47 Å². The predicted octanol–water partition coefficient (Wildman–Crippen LogP) is 1.76. The summed E-state index contributed by atoms with van der Waals surface area (Å²) in [5, 5.41) is 13.8. The summed E-state index contributed by atoms with van der Waals surface area (Å²) >= 11 is 0. The van der Waals surface area contributed by atoms with Crippen LogP contribution in [0.3, 0.4) is 0 Å². The zero-order valence-corrected chi connectivity index (χ0v) is 11.9. The number of aromatic nitrogens is 1. The SMILES string of the molecule is CC(C)OC(=O)c1ccc([N+](=O)[O-])c(NC[C@@H]2CCO2)n1. The highest BCUT2D eigenvalue weighted by molar-refractivity contribution is 5.88. The first-order chi connectivity index (χ1) is 9.97. The smallest absolute Gasteiger partial charge is 0.357 e. The summed E-state index contributed by atoms with van der Waals surface area (Å²) in [7, 11) is 0. The molecule has 21 heavy (non-hydrogen) atoms. The zero-order chi connectivity index (χ0) is 15.4. The Morgan fingerprint density at radius 2 is 2.33 bits per heavy atom. The Bertz CT molecular complexity index is 543. The summed E-state index contributed by atoms with van der Waals surface area (Å²) in [5.41, 5.74) is -0.151. The lowest BCUT2D eigenvalue weighted by Crippen LogP contribution is -2.33. The highest BCUT2D eigenvalue weighted by atomic mass is 16.6. The highest BCUT2D eigenvalue weighted by Crippen LogP contribution is 2.23. The van der Waals surface area contributed by atoms with E-state index in [1.165, 1.54) is 12.1 Å². The van der Waals surface area contributed by atoms with Crippen molar-refractivity contribution < 1.29 is 19.2 Å². The van der Waals surface area contributed by atoms with E-state index in [0.29, 0.717) is 13.2 Å². The van der Waals surface area contributed by atoms with Gasteiger partial charge in [-0.2, -0.15) is 0 Å². The molecule has 2 rings (SSSR count).